The molecule has 19 heavy (non-hydrogen) atoms. The van der Waals surface area contributed by atoms with Gasteiger partial charge in [-0.05, 0) is 42.8 Å². The number of aromatic nitrogens is 1. The molecule has 0 atom stereocenters. The second kappa shape index (κ2) is 6.64. The Hall–Kier alpha value is -2.23. The maximum atomic E-state index is 5.54. The highest BCUT2D eigenvalue weighted by Crippen LogP contribution is 2.19. The molecule has 2 N–H and O–H groups in total. The molecule has 2 rings (SSSR count). The van der Waals surface area contributed by atoms with Crippen molar-refractivity contribution < 1.29 is 4.74 Å². The van der Waals surface area contributed by atoms with Crippen LogP contribution in [-0.2, 0) is 0 Å². The normalized spacial score (nSPS) is 10.0. The lowest BCUT2D eigenvalue weighted by molar-refractivity contribution is 0.317. The molecule has 0 amide bonds. The molecule has 0 aliphatic rings. The lowest BCUT2D eigenvalue weighted by Gasteiger charge is -2.09. The van der Waals surface area contributed by atoms with Gasteiger partial charge in [-0.3, -0.25) is 0 Å². The molecule has 4 heteroatoms. The van der Waals surface area contributed by atoms with Gasteiger partial charge in [0, 0.05) is 12.7 Å². The third-order valence-electron chi connectivity index (χ3n) is 2.60. The van der Waals surface area contributed by atoms with Crippen LogP contribution in [0.4, 0.5) is 17.3 Å². The van der Waals surface area contributed by atoms with E-state index in [1.807, 2.05) is 49.5 Å². The van der Waals surface area contributed by atoms with E-state index in [1.54, 1.807) is 0 Å². The van der Waals surface area contributed by atoms with Gasteiger partial charge in [0.15, 0.2) is 0 Å². The van der Waals surface area contributed by atoms with Crippen molar-refractivity contribution in [2.75, 3.05) is 24.3 Å². The van der Waals surface area contributed by atoms with E-state index in [0.29, 0.717) is 0 Å². The summed E-state index contributed by atoms with van der Waals surface area (Å²) >= 11 is 0. The quantitative estimate of drug-likeness (QED) is 0.829. The summed E-state index contributed by atoms with van der Waals surface area (Å²) in [4.78, 5) is 4.41. The zero-order valence-corrected chi connectivity index (χ0v) is 11.3. The molecule has 100 valence electrons. The summed E-state index contributed by atoms with van der Waals surface area (Å²) in [5, 5.41) is 6.27. The Balaban J connectivity index is 2.02. The Kier molecular flexibility index (Phi) is 4.61. The monoisotopic (exact) mass is 257 g/mol. The fourth-order valence-electron chi connectivity index (χ4n) is 1.65. The van der Waals surface area contributed by atoms with Crippen LogP contribution in [0.2, 0.25) is 0 Å². The molecule has 0 fully saturated rings. The Morgan fingerprint density at radius 1 is 1.05 bits per heavy atom. The maximum absolute atomic E-state index is 5.54. The van der Waals surface area contributed by atoms with Crippen molar-refractivity contribution in [2.24, 2.45) is 0 Å². The van der Waals surface area contributed by atoms with E-state index in [-0.39, 0.29) is 0 Å². The summed E-state index contributed by atoms with van der Waals surface area (Å²) in [5.41, 5.74) is 0.990. The number of nitrogens with zero attached hydrogens (tertiary/aromatic N) is 1. The number of benzene rings is 1. The first kappa shape index (κ1) is 13.2. The summed E-state index contributed by atoms with van der Waals surface area (Å²) in [6, 6.07) is 13.7. The number of rotatable bonds is 6. The fraction of sp³-hybridized carbons (Fsp3) is 0.267. The van der Waals surface area contributed by atoms with E-state index in [2.05, 4.69) is 22.5 Å². The van der Waals surface area contributed by atoms with Gasteiger partial charge >= 0.3 is 0 Å². The molecule has 1 aromatic heterocycles. The van der Waals surface area contributed by atoms with Gasteiger partial charge < -0.3 is 15.4 Å². The van der Waals surface area contributed by atoms with Gasteiger partial charge in [0.1, 0.15) is 17.4 Å². The number of hydrogen-bond acceptors (Lipinski definition) is 4. The van der Waals surface area contributed by atoms with E-state index >= 15 is 0 Å². The molecular weight excluding hydrogens is 238 g/mol. The molecule has 0 saturated heterocycles. The summed E-state index contributed by atoms with van der Waals surface area (Å²) in [6.45, 7) is 2.84. The first-order chi connectivity index (χ1) is 9.31. The number of pyridine rings is 1. The SMILES string of the molecule is CCCOc1ccc(Nc2cccc(NC)n2)cc1. The molecule has 0 aliphatic carbocycles. The van der Waals surface area contributed by atoms with Crippen molar-refractivity contribution in [1.29, 1.82) is 0 Å². The van der Waals surface area contributed by atoms with Gasteiger partial charge in [-0.1, -0.05) is 13.0 Å². The largest absolute Gasteiger partial charge is 0.494 e. The van der Waals surface area contributed by atoms with Crippen LogP contribution < -0.4 is 15.4 Å². The number of hydrogen-bond donors (Lipinski definition) is 2. The maximum Gasteiger partial charge on any atom is 0.132 e. The van der Waals surface area contributed by atoms with E-state index in [4.69, 9.17) is 4.74 Å². The van der Waals surface area contributed by atoms with Crippen LogP contribution in [0.5, 0.6) is 5.75 Å². The highest BCUT2D eigenvalue weighted by molar-refractivity contribution is 5.58. The topological polar surface area (TPSA) is 46.2 Å². The van der Waals surface area contributed by atoms with Gasteiger partial charge in [-0.2, -0.15) is 0 Å². The van der Waals surface area contributed by atoms with Crippen molar-refractivity contribution in [3.63, 3.8) is 0 Å². The van der Waals surface area contributed by atoms with Gasteiger partial charge in [-0.25, -0.2) is 4.98 Å². The van der Waals surface area contributed by atoms with E-state index in [9.17, 15) is 0 Å². The number of anilines is 3. The zero-order chi connectivity index (χ0) is 13.5. The number of nitrogens with one attached hydrogen (secondary N) is 2. The minimum absolute atomic E-state index is 0.749. The minimum Gasteiger partial charge on any atom is -0.494 e. The van der Waals surface area contributed by atoms with E-state index in [0.717, 1.165) is 36.1 Å². The third-order valence-corrected chi connectivity index (χ3v) is 2.60. The molecule has 0 spiro atoms. The molecule has 0 radical (unpaired) electrons. The van der Waals surface area contributed by atoms with E-state index in [1.165, 1.54) is 0 Å². The zero-order valence-electron chi connectivity index (χ0n) is 11.3. The summed E-state index contributed by atoms with van der Waals surface area (Å²) in [5.74, 6) is 2.55. The van der Waals surface area contributed by atoms with Crippen LogP contribution in [0.1, 0.15) is 13.3 Å². The van der Waals surface area contributed by atoms with Gasteiger partial charge in [0.2, 0.25) is 0 Å². The lowest BCUT2D eigenvalue weighted by atomic mass is 10.3. The Bertz CT molecular complexity index is 511. The standard InChI is InChI=1S/C15H19N3O/c1-3-11-19-13-9-7-12(8-10-13)17-15-6-4-5-14(16-2)18-15/h4-10H,3,11H2,1-2H3,(H2,16,17,18). The van der Waals surface area contributed by atoms with Crippen LogP contribution >= 0.6 is 0 Å². The average molecular weight is 257 g/mol. The molecule has 0 aliphatic heterocycles. The summed E-state index contributed by atoms with van der Waals surface area (Å²) in [6.07, 6.45) is 1.01. The molecule has 0 saturated carbocycles. The highest BCUT2D eigenvalue weighted by atomic mass is 16.5. The molecule has 0 bridgehead atoms. The van der Waals surface area contributed by atoms with Crippen molar-refractivity contribution in [1.82, 2.24) is 4.98 Å². The molecule has 0 unspecified atom stereocenters. The van der Waals surface area contributed by atoms with E-state index < -0.39 is 0 Å². The molecule has 1 aromatic carbocycles. The molecule has 4 nitrogen and oxygen atoms in total. The Morgan fingerprint density at radius 3 is 2.47 bits per heavy atom. The lowest BCUT2D eigenvalue weighted by Crippen LogP contribution is -1.98. The predicted octanol–water partition coefficient (Wildman–Crippen LogP) is 3.66. The summed E-state index contributed by atoms with van der Waals surface area (Å²) < 4.78 is 5.54. The van der Waals surface area contributed by atoms with Crippen LogP contribution in [-0.4, -0.2) is 18.6 Å². The van der Waals surface area contributed by atoms with Crippen LogP contribution in [0.25, 0.3) is 0 Å². The molecule has 1 heterocycles. The third kappa shape index (κ3) is 3.88. The second-order valence-corrected chi connectivity index (χ2v) is 4.16. The fourth-order valence-corrected chi connectivity index (χ4v) is 1.65. The first-order valence-electron chi connectivity index (χ1n) is 6.46. The van der Waals surface area contributed by atoms with Gasteiger partial charge in [0.05, 0.1) is 6.61 Å². The first-order valence-corrected chi connectivity index (χ1v) is 6.46. The van der Waals surface area contributed by atoms with Crippen LogP contribution in [0, 0.1) is 0 Å². The van der Waals surface area contributed by atoms with Crippen molar-refractivity contribution in [3.05, 3.63) is 42.5 Å². The van der Waals surface area contributed by atoms with Crippen molar-refractivity contribution in [2.45, 2.75) is 13.3 Å². The van der Waals surface area contributed by atoms with Crippen molar-refractivity contribution in [3.8, 4) is 5.75 Å². The average Bonchev–Trinajstić information content (AvgIpc) is 2.47. The van der Waals surface area contributed by atoms with Gasteiger partial charge in [0.25, 0.3) is 0 Å². The minimum atomic E-state index is 0.749. The Labute approximate surface area is 113 Å². The van der Waals surface area contributed by atoms with Crippen LogP contribution in [0.3, 0.4) is 0 Å². The smallest absolute Gasteiger partial charge is 0.132 e. The number of ether oxygens (including phenoxy) is 1. The summed E-state index contributed by atoms with van der Waals surface area (Å²) in [7, 11) is 1.85. The second-order valence-electron chi connectivity index (χ2n) is 4.16. The predicted molar refractivity (Wildman–Crippen MR) is 79.3 cm³/mol. The Morgan fingerprint density at radius 2 is 1.79 bits per heavy atom. The van der Waals surface area contributed by atoms with Gasteiger partial charge in [-0.15, -0.1) is 0 Å². The molecule has 2 aromatic rings. The highest BCUT2D eigenvalue weighted by Gasteiger charge is 1.98. The molecular formula is C15H19N3O. The van der Waals surface area contributed by atoms with Crippen LogP contribution in [0.15, 0.2) is 42.5 Å². The van der Waals surface area contributed by atoms with Crippen molar-refractivity contribution >= 4 is 17.3 Å².